The average Bonchev–Trinajstić information content (AvgIpc) is 3.43. The van der Waals surface area contributed by atoms with Gasteiger partial charge in [0.15, 0.2) is 0 Å². The molecule has 3 atom stereocenters. The number of carbonyl (C=O) groups excluding carboxylic acids is 2. The van der Waals surface area contributed by atoms with Crippen LogP contribution in [0.1, 0.15) is 54.6 Å². The Kier molecular flexibility index (Phi) is 6.18. The van der Waals surface area contributed by atoms with Crippen LogP contribution in [-0.4, -0.2) is 39.9 Å². The number of nitrogens with zero attached hydrogens (tertiary/aromatic N) is 3. The van der Waals surface area contributed by atoms with Crippen LogP contribution in [0.4, 0.5) is 0 Å². The molecule has 32 heavy (non-hydrogen) atoms. The van der Waals surface area contributed by atoms with Crippen LogP contribution in [0.25, 0.3) is 6.08 Å². The number of hydrogen-bond acceptors (Lipinski definition) is 3. The van der Waals surface area contributed by atoms with Crippen molar-refractivity contribution in [3.05, 3.63) is 64.5 Å². The van der Waals surface area contributed by atoms with E-state index in [1.807, 2.05) is 49.1 Å². The first-order chi connectivity index (χ1) is 15.4. The minimum atomic E-state index is -0.414. The zero-order chi connectivity index (χ0) is 22.8. The van der Waals surface area contributed by atoms with Crippen LogP contribution in [0.5, 0.6) is 0 Å². The van der Waals surface area contributed by atoms with Gasteiger partial charge >= 0.3 is 0 Å². The summed E-state index contributed by atoms with van der Waals surface area (Å²) < 4.78 is 2.20. The Morgan fingerprint density at radius 1 is 1.28 bits per heavy atom. The molecule has 166 valence electrons. The first-order valence-electron chi connectivity index (χ1n) is 11.4. The normalized spacial score (nSPS) is 22.7. The fraction of sp³-hybridized carbons (Fsp3) is 0.423. The van der Waals surface area contributed by atoms with Gasteiger partial charge in [-0.25, -0.2) is 0 Å². The van der Waals surface area contributed by atoms with Gasteiger partial charge in [0.05, 0.1) is 6.04 Å². The topological polar surface area (TPSA) is 78.1 Å². The lowest BCUT2D eigenvalue weighted by atomic mass is 10.1. The fourth-order valence-electron chi connectivity index (χ4n) is 4.84. The molecular weight excluding hydrogens is 400 g/mol. The Morgan fingerprint density at radius 2 is 2.03 bits per heavy atom. The van der Waals surface area contributed by atoms with Gasteiger partial charge in [-0.15, -0.1) is 0 Å². The van der Waals surface area contributed by atoms with Gasteiger partial charge in [0.2, 0.25) is 5.91 Å². The molecule has 6 nitrogen and oxygen atoms in total. The zero-order valence-corrected chi connectivity index (χ0v) is 19.0. The summed E-state index contributed by atoms with van der Waals surface area (Å²) in [5.41, 5.74) is 4.38. The summed E-state index contributed by atoms with van der Waals surface area (Å²) in [5, 5.41) is 12.5. The molecule has 1 aliphatic carbocycles. The highest BCUT2D eigenvalue weighted by molar-refractivity contribution is 6.02. The maximum Gasteiger partial charge on any atom is 0.262 e. The summed E-state index contributed by atoms with van der Waals surface area (Å²) in [4.78, 5) is 27.3. The van der Waals surface area contributed by atoms with Crippen LogP contribution in [0.2, 0.25) is 0 Å². The summed E-state index contributed by atoms with van der Waals surface area (Å²) in [6.07, 6.45) is 3.93. The van der Waals surface area contributed by atoms with E-state index in [4.69, 9.17) is 0 Å². The second-order valence-electron chi connectivity index (χ2n) is 8.89. The molecule has 0 bridgehead atoms. The molecule has 1 saturated heterocycles. The van der Waals surface area contributed by atoms with E-state index in [1.165, 1.54) is 5.56 Å². The molecule has 1 aliphatic heterocycles. The number of hydrogen-bond donors (Lipinski definition) is 1. The van der Waals surface area contributed by atoms with E-state index >= 15 is 0 Å². The van der Waals surface area contributed by atoms with Crippen molar-refractivity contribution in [2.45, 2.75) is 64.6 Å². The fourth-order valence-corrected chi connectivity index (χ4v) is 4.84. The van der Waals surface area contributed by atoms with Gasteiger partial charge in [0.25, 0.3) is 5.91 Å². The molecule has 2 fully saturated rings. The number of likely N-dealkylation sites (tertiary alicyclic amines) is 1. The lowest BCUT2D eigenvalue weighted by Gasteiger charge is -2.17. The van der Waals surface area contributed by atoms with Crippen LogP contribution >= 0.6 is 0 Å². The van der Waals surface area contributed by atoms with Crippen molar-refractivity contribution in [2.75, 3.05) is 6.54 Å². The van der Waals surface area contributed by atoms with Crippen LogP contribution < -0.4 is 5.32 Å². The number of aryl methyl sites for hydroxylation is 1. The molecule has 2 aromatic rings. The van der Waals surface area contributed by atoms with Crippen molar-refractivity contribution >= 4 is 17.9 Å². The lowest BCUT2D eigenvalue weighted by Crippen LogP contribution is -2.38. The van der Waals surface area contributed by atoms with E-state index < -0.39 is 5.91 Å². The second-order valence-corrected chi connectivity index (χ2v) is 8.89. The van der Waals surface area contributed by atoms with Gasteiger partial charge < -0.3 is 14.8 Å². The second kappa shape index (κ2) is 9.04. The summed E-state index contributed by atoms with van der Waals surface area (Å²) in [5.74, 6) is 0.0368. The van der Waals surface area contributed by atoms with E-state index in [1.54, 1.807) is 6.08 Å². The SMILES string of the molecule is CCCn1c(C)cc(/C=C(\C#N)C(=O)NC2CC(=O)N(C3CC3c3ccccc3)C2)c1C. The van der Waals surface area contributed by atoms with Gasteiger partial charge in [0.1, 0.15) is 11.6 Å². The third-order valence-corrected chi connectivity index (χ3v) is 6.60. The standard InChI is InChI=1S/C26H30N4O2/c1-4-10-29-17(2)11-20(18(29)3)12-21(15-27)26(32)28-22-13-25(31)30(16-22)24-14-23(24)19-8-6-5-7-9-19/h5-9,11-12,22-24H,4,10,13-14,16H2,1-3H3,(H,28,32)/b21-12+. The van der Waals surface area contributed by atoms with Crippen LogP contribution in [0, 0.1) is 25.2 Å². The van der Waals surface area contributed by atoms with E-state index in [-0.39, 0.29) is 30.0 Å². The number of rotatable bonds is 7. The highest BCUT2D eigenvalue weighted by atomic mass is 16.2. The smallest absolute Gasteiger partial charge is 0.262 e. The molecule has 0 spiro atoms. The van der Waals surface area contributed by atoms with E-state index in [0.29, 0.717) is 12.5 Å². The molecule has 2 amide bonds. The molecule has 3 unspecified atom stereocenters. The highest BCUT2D eigenvalue weighted by Gasteiger charge is 2.48. The minimum Gasteiger partial charge on any atom is -0.349 e. The quantitative estimate of drug-likeness (QED) is 0.537. The largest absolute Gasteiger partial charge is 0.349 e. The summed E-state index contributed by atoms with van der Waals surface area (Å²) in [6, 6.07) is 14.2. The Balaban J connectivity index is 1.40. The third-order valence-electron chi connectivity index (χ3n) is 6.60. The van der Waals surface area contributed by atoms with Crippen LogP contribution in [0.15, 0.2) is 42.0 Å². The van der Waals surface area contributed by atoms with Crippen molar-refractivity contribution in [1.82, 2.24) is 14.8 Å². The van der Waals surface area contributed by atoms with Crippen molar-refractivity contribution in [1.29, 1.82) is 5.26 Å². The summed E-state index contributed by atoms with van der Waals surface area (Å²) >= 11 is 0. The zero-order valence-electron chi connectivity index (χ0n) is 19.0. The average molecular weight is 431 g/mol. The first-order valence-corrected chi connectivity index (χ1v) is 11.4. The summed E-state index contributed by atoms with van der Waals surface area (Å²) in [6.45, 7) is 7.57. The molecule has 6 heteroatoms. The van der Waals surface area contributed by atoms with Crippen LogP contribution in [-0.2, 0) is 16.1 Å². The van der Waals surface area contributed by atoms with Gasteiger partial charge in [-0.2, -0.15) is 5.26 Å². The number of nitrogens with one attached hydrogen (secondary N) is 1. The van der Waals surface area contributed by atoms with Gasteiger partial charge in [-0.05, 0) is 50.0 Å². The molecule has 4 rings (SSSR count). The Morgan fingerprint density at radius 3 is 2.72 bits per heavy atom. The minimum absolute atomic E-state index is 0.0706. The molecule has 1 saturated carbocycles. The Bertz CT molecular complexity index is 1090. The number of nitriles is 1. The van der Waals surface area contributed by atoms with Gasteiger partial charge in [-0.3, -0.25) is 9.59 Å². The molecule has 2 heterocycles. The molecule has 2 aliphatic rings. The molecular formula is C26H30N4O2. The molecule has 1 aromatic heterocycles. The number of carbonyl (C=O) groups is 2. The van der Waals surface area contributed by atoms with Gasteiger partial charge in [0, 0.05) is 42.9 Å². The third kappa shape index (κ3) is 4.34. The van der Waals surface area contributed by atoms with Crippen molar-refractivity contribution < 1.29 is 9.59 Å². The highest BCUT2D eigenvalue weighted by Crippen LogP contribution is 2.45. The molecule has 1 aromatic carbocycles. The van der Waals surface area contributed by atoms with Crippen LogP contribution in [0.3, 0.4) is 0 Å². The predicted octanol–water partition coefficient (Wildman–Crippen LogP) is 3.70. The maximum atomic E-state index is 12.8. The number of amides is 2. The first kappa shape index (κ1) is 21.9. The number of aromatic nitrogens is 1. The van der Waals surface area contributed by atoms with E-state index in [9.17, 15) is 14.9 Å². The van der Waals surface area contributed by atoms with Crippen molar-refractivity contribution in [3.8, 4) is 6.07 Å². The van der Waals surface area contributed by atoms with Gasteiger partial charge in [-0.1, -0.05) is 37.3 Å². The maximum absolute atomic E-state index is 12.8. The lowest BCUT2D eigenvalue weighted by molar-refractivity contribution is -0.128. The van der Waals surface area contributed by atoms with Crippen molar-refractivity contribution in [3.63, 3.8) is 0 Å². The van der Waals surface area contributed by atoms with Crippen molar-refractivity contribution in [2.24, 2.45) is 0 Å². The van der Waals surface area contributed by atoms with E-state index in [0.717, 1.165) is 36.3 Å². The molecule has 0 radical (unpaired) electrons. The summed E-state index contributed by atoms with van der Waals surface area (Å²) in [7, 11) is 0. The molecule has 1 N–H and O–H groups in total. The Labute approximate surface area is 189 Å². The van der Waals surface area contributed by atoms with E-state index in [2.05, 4.69) is 28.9 Å². The predicted molar refractivity (Wildman–Crippen MR) is 124 cm³/mol. The Hall–Kier alpha value is -3.33. The monoisotopic (exact) mass is 430 g/mol. The number of benzene rings is 1.